The van der Waals surface area contributed by atoms with Crippen molar-refractivity contribution >= 4 is 11.8 Å². The number of hydrogen-bond acceptors (Lipinski definition) is 5. The van der Waals surface area contributed by atoms with E-state index in [1.54, 1.807) is 0 Å². The van der Waals surface area contributed by atoms with E-state index in [-0.39, 0.29) is 17.7 Å². The van der Waals surface area contributed by atoms with E-state index >= 15 is 0 Å². The van der Waals surface area contributed by atoms with Crippen molar-refractivity contribution in [3.05, 3.63) is 0 Å². The molecule has 2 amide bonds. The average Bonchev–Trinajstić information content (AvgIpc) is 3.01. The van der Waals surface area contributed by atoms with Crippen LogP contribution in [0.2, 0.25) is 0 Å². The average molecular weight is 338 g/mol. The largest absolute Gasteiger partial charge is 0.379 e. The fourth-order valence-corrected chi connectivity index (χ4v) is 3.78. The number of likely N-dealkylation sites (tertiary alicyclic amines) is 1. The van der Waals surface area contributed by atoms with E-state index in [1.165, 1.54) is 0 Å². The standard InChI is InChI=1S/C17H30N4O3/c1-2-18-3-6-20(7-4-18)17(23)15-13-16(22)21(14-15)8-5-19-9-11-24-12-10-19/h15H,2-14H2,1H3. The third kappa shape index (κ3) is 4.26. The van der Waals surface area contributed by atoms with Gasteiger partial charge in [-0.15, -0.1) is 0 Å². The normalized spacial score (nSPS) is 27.0. The molecule has 3 heterocycles. The highest BCUT2D eigenvalue weighted by atomic mass is 16.5. The summed E-state index contributed by atoms with van der Waals surface area (Å²) in [6.07, 6.45) is 0.385. The molecule has 0 aliphatic carbocycles. The number of morpholine rings is 1. The van der Waals surface area contributed by atoms with Crippen molar-refractivity contribution in [3.63, 3.8) is 0 Å². The van der Waals surface area contributed by atoms with Gasteiger partial charge in [0.2, 0.25) is 11.8 Å². The summed E-state index contributed by atoms with van der Waals surface area (Å²) < 4.78 is 5.35. The minimum Gasteiger partial charge on any atom is -0.379 e. The van der Waals surface area contributed by atoms with Crippen molar-refractivity contribution < 1.29 is 14.3 Å². The van der Waals surface area contributed by atoms with E-state index in [2.05, 4.69) is 16.7 Å². The van der Waals surface area contributed by atoms with Crippen molar-refractivity contribution in [2.45, 2.75) is 13.3 Å². The second kappa shape index (κ2) is 8.27. The number of piperazine rings is 1. The highest BCUT2D eigenvalue weighted by Gasteiger charge is 2.37. The topological polar surface area (TPSA) is 56.3 Å². The number of rotatable bonds is 5. The molecular formula is C17H30N4O3. The Morgan fingerprint density at radius 2 is 1.75 bits per heavy atom. The van der Waals surface area contributed by atoms with Gasteiger partial charge in [-0.3, -0.25) is 14.5 Å². The van der Waals surface area contributed by atoms with Crippen molar-refractivity contribution in [1.29, 1.82) is 0 Å². The molecule has 7 nitrogen and oxygen atoms in total. The minimum atomic E-state index is -0.143. The van der Waals surface area contributed by atoms with E-state index in [9.17, 15) is 9.59 Å². The maximum absolute atomic E-state index is 12.7. The van der Waals surface area contributed by atoms with Gasteiger partial charge >= 0.3 is 0 Å². The summed E-state index contributed by atoms with van der Waals surface area (Å²) in [5.74, 6) is 0.164. The van der Waals surface area contributed by atoms with Gasteiger partial charge < -0.3 is 19.4 Å². The summed E-state index contributed by atoms with van der Waals surface area (Å²) in [6, 6.07) is 0. The number of ether oxygens (including phenoxy) is 1. The molecule has 0 N–H and O–H groups in total. The molecule has 0 saturated carbocycles. The van der Waals surface area contributed by atoms with E-state index < -0.39 is 0 Å². The predicted molar refractivity (Wildman–Crippen MR) is 90.6 cm³/mol. The first-order valence-electron chi connectivity index (χ1n) is 9.26. The molecule has 24 heavy (non-hydrogen) atoms. The van der Waals surface area contributed by atoms with Crippen LogP contribution in [0.4, 0.5) is 0 Å². The minimum absolute atomic E-state index is 0.133. The van der Waals surface area contributed by atoms with Crippen molar-refractivity contribution in [2.75, 3.05) is 78.7 Å². The van der Waals surface area contributed by atoms with E-state index in [0.29, 0.717) is 13.0 Å². The Kier molecular flexibility index (Phi) is 6.08. The van der Waals surface area contributed by atoms with Gasteiger partial charge in [-0.05, 0) is 6.54 Å². The first kappa shape index (κ1) is 17.6. The van der Waals surface area contributed by atoms with Gasteiger partial charge in [0.25, 0.3) is 0 Å². The summed E-state index contributed by atoms with van der Waals surface area (Å²) in [5.41, 5.74) is 0. The molecule has 0 aromatic rings. The van der Waals surface area contributed by atoms with E-state index in [1.807, 2.05) is 9.80 Å². The van der Waals surface area contributed by atoms with Crippen LogP contribution in [0.25, 0.3) is 0 Å². The third-order valence-electron chi connectivity index (χ3n) is 5.48. The summed E-state index contributed by atoms with van der Waals surface area (Å²) in [5, 5.41) is 0. The Morgan fingerprint density at radius 3 is 2.42 bits per heavy atom. The van der Waals surface area contributed by atoms with Crippen LogP contribution in [0.1, 0.15) is 13.3 Å². The number of hydrogen-bond donors (Lipinski definition) is 0. The molecule has 1 atom stereocenters. The molecule has 0 spiro atoms. The molecule has 1 unspecified atom stereocenters. The van der Waals surface area contributed by atoms with Crippen LogP contribution in [0.5, 0.6) is 0 Å². The molecule has 0 aromatic carbocycles. The van der Waals surface area contributed by atoms with E-state index in [0.717, 1.165) is 72.1 Å². The summed E-state index contributed by atoms with van der Waals surface area (Å²) in [7, 11) is 0. The zero-order valence-corrected chi connectivity index (χ0v) is 14.8. The van der Waals surface area contributed by atoms with Crippen LogP contribution >= 0.6 is 0 Å². The number of likely N-dealkylation sites (N-methyl/N-ethyl adjacent to an activating group) is 1. The Morgan fingerprint density at radius 1 is 1.04 bits per heavy atom. The molecule has 3 saturated heterocycles. The molecule has 3 rings (SSSR count). The lowest BCUT2D eigenvalue weighted by atomic mass is 10.1. The zero-order valence-electron chi connectivity index (χ0n) is 14.8. The van der Waals surface area contributed by atoms with Crippen LogP contribution in [0, 0.1) is 5.92 Å². The second-order valence-electron chi connectivity index (χ2n) is 6.95. The molecule has 0 aromatic heterocycles. The van der Waals surface area contributed by atoms with Gasteiger partial charge in [0.15, 0.2) is 0 Å². The lowest BCUT2D eigenvalue weighted by Crippen LogP contribution is -2.50. The monoisotopic (exact) mass is 338 g/mol. The molecule has 0 bridgehead atoms. The van der Waals surface area contributed by atoms with Crippen LogP contribution < -0.4 is 0 Å². The zero-order chi connectivity index (χ0) is 16.9. The molecule has 0 radical (unpaired) electrons. The van der Waals surface area contributed by atoms with Gasteiger partial charge in [0.1, 0.15) is 0 Å². The Bertz CT molecular complexity index is 445. The molecule has 3 aliphatic heterocycles. The van der Waals surface area contributed by atoms with Crippen LogP contribution in [0.15, 0.2) is 0 Å². The Hall–Kier alpha value is -1.18. The number of carbonyl (C=O) groups excluding carboxylic acids is 2. The quantitative estimate of drug-likeness (QED) is 0.666. The number of amides is 2. The Labute approximate surface area is 144 Å². The van der Waals surface area contributed by atoms with Crippen LogP contribution in [-0.2, 0) is 14.3 Å². The highest BCUT2D eigenvalue weighted by Crippen LogP contribution is 2.21. The lowest BCUT2D eigenvalue weighted by Gasteiger charge is -2.35. The first-order valence-corrected chi connectivity index (χ1v) is 9.26. The van der Waals surface area contributed by atoms with Gasteiger partial charge in [-0.25, -0.2) is 0 Å². The fourth-order valence-electron chi connectivity index (χ4n) is 3.78. The van der Waals surface area contributed by atoms with E-state index in [4.69, 9.17) is 4.74 Å². The molecule has 3 fully saturated rings. The highest BCUT2D eigenvalue weighted by molar-refractivity contribution is 5.89. The van der Waals surface area contributed by atoms with Gasteiger partial charge in [-0.1, -0.05) is 6.92 Å². The Balaban J connectivity index is 1.44. The maximum atomic E-state index is 12.7. The van der Waals surface area contributed by atoms with Gasteiger partial charge in [-0.2, -0.15) is 0 Å². The summed E-state index contributed by atoms with van der Waals surface area (Å²) in [6.45, 7) is 12.3. The number of nitrogens with zero attached hydrogens (tertiary/aromatic N) is 4. The molecule has 136 valence electrons. The van der Waals surface area contributed by atoms with Crippen molar-refractivity contribution in [1.82, 2.24) is 19.6 Å². The SMILES string of the molecule is CCN1CCN(C(=O)C2CC(=O)N(CCN3CCOCC3)C2)CC1. The third-order valence-corrected chi connectivity index (χ3v) is 5.48. The lowest BCUT2D eigenvalue weighted by molar-refractivity contribution is -0.137. The van der Waals surface area contributed by atoms with Gasteiger partial charge in [0, 0.05) is 65.3 Å². The van der Waals surface area contributed by atoms with Crippen LogP contribution in [-0.4, -0.2) is 110 Å². The predicted octanol–water partition coefficient (Wildman–Crippen LogP) is -0.669. The first-order chi connectivity index (χ1) is 11.7. The summed E-state index contributed by atoms with van der Waals surface area (Å²) >= 11 is 0. The number of carbonyl (C=O) groups is 2. The summed E-state index contributed by atoms with van der Waals surface area (Å²) in [4.78, 5) is 33.5. The fraction of sp³-hybridized carbons (Fsp3) is 0.882. The molecule has 3 aliphatic rings. The molecule has 7 heteroatoms. The smallest absolute Gasteiger partial charge is 0.228 e. The van der Waals surface area contributed by atoms with Gasteiger partial charge in [0.05, 0.1) is 19.1 Å². The van der Waals surface area contributed by atoms with Crippen molar-refractivity contribution in [3.8, 4) is 0 Å². The molecular weight excluding hydrogens is 308 g/mol. The second-order valence-corrected chi connectivity index (χ2v) is 6.95. The van der Waals surface area contributed by atoms with Crippen LogP contribution in [0.3, 0.4) is 0 Å². The maximum Gasteiger partial charge on any atom is 0.228 e. The van der Waals surface area contributed by atoms with Crippen molar-refractivity contribution in [2.24, 2.45) is 5.92 Å².